The van der Waals surface area contributed by atoms with Gasteiger partial charge >= 0.3 is 0 Å². The van der Waals surface area contributed by atoms with Crippen molar-refractivity contribution in [2.24, 2.45) is 5.92 Å². The minimum absolute atomic E-state index is 0.179. The second-order valence-electron chi connectivity index (χ2n) is 5.40. The van der Waals surface area contributed by atoms with Crippen LogP contribution in [0.2, 0.25) is 0 Å². The molecule has 1 aromatic carbocycles. The van der Waals surface area contributed by atoms with Crippen molar-refractivity contribution in [2.75, 3.05) is 0 Å². The van der Waals surface area contributed by atoms with Gasteiger partial charge in [0.2, 0.25) is 0 Å². The van der Waals surface area contributed by atoms with Crippen molar-refractivity contribution in [3.63, 3.8) is 0 Å². The van der Waals surface area contributed by atoms with Crippen molar-refractivity contribution in [1.82, 2.24) is 0 Å². The summed E-state index contributed by atoms with van der Waals surface area (Å²) in [5.74, 6) is 0.356. The van der Waals surface area contributed by atoms with E-state index in [1.807, 2.05) is 12.1 Å². The van der Waals surface area contributed by atoms with E-state index in [1.165, 1.54) is 34.4 Å². The lowest BCUT2D eigenvalue weighted by atomic mass is 9.90. The number of halogens is 1. The number of fused-ring (bicyclic) bond motifs is 1. The van der Waals surface area contributed by atoms with Gasteiger partial charge in [0.05, 0.1) is 0 Å². The minimum atomic E-state index is -0.179. The fourth-order valence-corrected chi connectivity index (χ4v) is 2.62. The zero-order valence-electron chi connectivity index (χ0n) is 11.3. The van der Waals surface area contributed by atoms with Crippen LogP contribution in [0.5, 0.6) is 0 Å². The zero-order valence-corrected chi connectivity index (χ0v) is 11.3. The summed E-state index contributed by atoms with van der Waals surface area (Å²) in [7, 11) is 0. The molecule has 0 unspecified atom stereocenters. The van der Waals surface area contributed by atoms with E-state index in [0.717, 1.165) is 12.0 Å². The molecule has 0 fully saturated rings. The number of benzene rings is 1. The Hall–Kier alpha value is -1.89. The highest BCUT2D eigenvalue weighted by atomic mass is 19.1. The van der Waals surface area contributed by atoms with Gasteiger partial charge in [-0.15, -0.1) is 0 Å². The highest BCUT2D eigenvalue weighted by molar-refractivity contribution is 5.81. The van der Waals surface area contributed by atoms with E-state index < -0.39 is 0 Å². The Morgan fingerprint density at radius 1 is 1.05 bits per heavy atom. The highest BCUT2D eigenvalue weighted by Crippen LogP contribution is 2.38. The van der Waals surface area contributed by atoms with Crippen molar-refractivity contribution in [3.8, 4) is 0 Å². The predicted octanol–water partition coefficient (Wildman–Crippen LogP) is 5.06. The van der Waals surface area contributed by atoms with Crippen LogP contribution in [0, 0.1) is 11.7 Å². The normalized spacial score (nSPS) is 17.7. The van der Waals surface area contributed by atoms with Gasteiger partial charge in [-0.2, -0.15) is 0 Å². The first-order valence-electron chi connectivity index (χ1n) is 6.74. The van der Waals surface area contributed by atoms with Gasteiger partial charge in [0, 0.05) is 0 Å². The molecule has 0 radical (unpaired) electrons. The lowest BCUT2D eigenvalue weighted by Crippen LogP contribution is -1.95. The van der Waals surface area contributed by atoms with Crippen LogP contribution in [-0.4, -0.2) is 0 Å². The summed E-state index contributed by atoms with van der Waals surface area (Å²) in [5.41, 5.74) is 6.38. The van der Waals surface area contributed by atoms with Crippen LogP contribution in [0.3, 0.4) is 0 Å². The molecule has 19 heavy (non-hydrogen) atoms. The Morgan fingerprint density at radius 3 is 2.47 bits per heavy atom. The largest absolute Gasteiger partial charge is 0.207 e. The van der Waals surface area contributed by atoms with Gasteiger partial charge < -0.3 is 0 Å². The summed E-state index contributed by atoms with van der Waals surface area (Å²) in [6.07, 6.45) is 9.83. The zero-order chi connectivity index (χ0) is 13.4. The molecule has 0 aromatic heterocycles. The van der Waals surface area contributed by atoms with E-state index in [-0.39, 0.29) is 5.82 Å². The molecule has 0 atom stereocenters. The number of hydrogen-bond donors (Lipinski definition) is 0. The van der Waals surface area contributed by atoms with E-state index in [9.17, 15) is 4.39 Å². The van der Waals surface area contributed by atoms with Gasteiger partial charge in [0.15, 0.2) is 0 Å². The molecule has 0 spiro atoms. The standard InChI is InChI=1S/C18H17F/c1-12(2)15-10-14-4-3-5-17(18(14)11-15)13-6-8-16(19)9-7-13/h3-4,6-12H,5H2,1-2H3. The second-order valence-corrected chi connectivity index (χ2v) is 5.40. The average Bonchev–Trinajstić information content (AvgIpc) is 2.83. The van der Waals surface area contributed by atoms with E-state index in [4.69, 9.17) is 0 Å². The maximum Gasteiger partial charge on any atom is 0.123 e. The van der Waals surface area contributed by atoms with Gasteiger partial charge in [-0.1, -0.05) is 50.3 Å². The minimum Gasteiger partial charge on any atom is -0.207 e. The molecule has 0 heterocycles. The summed E-state index contributed by atoms with van der Waals surface area (Å²) in [6.45, 7) is 4.42. The number of hydrogen-bond acceptors (Lipinski definition) is 0. The van der Waals surface area contributed by atoms with Gasteiger partial charge in [-0.05, 0) is 52.3 Å². The molecule has 0 N–H and O–H groups in total. The van der Waals surface area contributed by atoms with Crippen LogP contribution in [0.1, 0.15) is 25.8 Å². The molecule has 0 saturated carbocycles. The van der Waals surface area contributed by atoms with E-state index in [2.05, 4.69) is 38.2 Å². The van der Waals surface area contributed by atoms with Crippen LogP contribution in [-0.2, 0) is 0 Å². The van der Waals surface area contributed by atoms with Crippen molar-refractivity contribution in [3.05, 3.63) is 76.7 Å². The number of allylic oxidation sites excluding steroid dienone is 8. The first-order chi connectivity index (χ1) is 9.15. The number of rotatable bonds is 2. The van der Waals surface area contributed by atoms with E-state index >= 15 is 0 Å². The third-order valence-electron chi connectivity index (χ3n) is 3.75. The average molecular weight is 252 g/mol. The van der Waals surface area contributed by atoms with E-state index in [0.29, 0.717) is 5.92 Å². The fourth-order valence-electron chi connectivity index (χ4n) is 2.62. The molecule has 1 aromatic rings. The highest BCUT2D eigenvalue weighted by Gasteiger charge is 2.19. The monoisotopic (exact) mass is 252 g/mol. The van der Waals surface area contributed by atoms with Crippen LogP contribution < -0.4 is 0 Å². The molecule has 0 nitrogen and oxygen atoms in total. The Kier molecular flexibility index (Phi) is 2.98. The molecule has 96 valence electrons. The summed E-state index contributed by atoms with van der Waals surface area (Å²) in [5, 5.41) is 0. The predicted molar refractivity (Wildman–Crippen MR) is 78.1 cm³/mol. The topological polar surface area (TPSA) is 0 Å². The third-order valence-corrected chi connectivity index (χ3v) is 3.75. The van der Waals surface area contributed by atoms with Gasteiger partial charge in [-0.3, -0.25) is 0 Å². The lowest BCUT2D eigenvalue weighted by molar-refractivity contribution is 0.627. The van der Waals surface area contributed by atoms with Gasteiger partial charge in [-0.25, -0.2) is 4.39 Å². The van der Waals surface area contributed by atoms with Crippen molar-refractivity contribution in [2.45, 2.75) is 20.3 Å². The maximum atomic E-state index is 13.0. The van der Waals surface area contributed by atoms with Crippen LogP contribution >= 0.6 is 0 Å². The molecular weight excluding hydrogens is 235 g/mol. The fraction of sp³-hybridized carbons (Fsp3) is 0.222. The molecule has 2 aliphatic carbocycles. The molecule has 0 bridgehead atoms. The Morgan fingerprint density at radius 2 is 1.79 bits per heavy atom. The summed E-state index contributed by atoms with van der Waals surface area (Å²) >= 11 is 0. The van der Waals surface area contributed by atoms with Crippen LogP contribution in [0.25, 0.3) is 5.57 Å². The van der Waals surface area contributed by atoms with Crippen LogP contribution in [0.4, 0.5) is 4.39 Å². The van der Waals surface area contributed by atoms with Crippen LogP contribution in [0.15, 0.2) is 65.3 Å². The molecule has 0 amide bonds. The molecule has 0 saturated heterocycles. The first-order valence-corrected chi connectivity index (χ1v) is 6.74. The van der Waals surface area contributed by atoms with Gasteiger partial charge in [0.25, 0.3) is 0 Å². The molecular formula is C18H17F. The van der Waals surface area contributed by atoms with Crippen molar-refractivity contribution in [1.29, 1.82) is 0 Å². The molecule has 1 heteroatoms. The smallest absolute Gasteiger partial charge is 0.123 e. The quantitative estimate of drug-likeness (QED) is 0.690. The Balaban J connectivity index is 2.08. The summed E-state index contributed by atoms with van der Waals surface area (Å²) in [4.78, 5) is 0. The third kappa shape index (κ3) is 2.21. The second kappa shape index (κ2) is 4.65. The van der Waals surface area contributed by atoms with Crippen molar-refractivity contribution >= 4 is 5.57 Å². The Labute approximate surface area is 113 Å². The van der Waals surface area contributed by atoms with Crippen molar-refractivity contribution < 1.29 is 4.39 Å². The lowest BCUT2D eigenvalue weighted by Gasteiger charge is -2.14. The SMILES string of the molecule is CC(C)C1=CC2=C(c3ccc(F)cc3)CC=CC2=C1. The molecule has 3 rings (SSSR count). The summed E-state index contributed by atoms with van der Waals surface area (Å²) < 4.78 is 13.0. The first kappa shape index (κ1) is 12.2. The van der Waals surface area contributed by atoms with E-state index in [1.54, 1.807) is 0 Å². The summed E-state index contributed by atoms with van der Waals surface area (Å²) in [6, 6.07) is 6.81. The maximum absolute atomic E-state index is 13.0. The molecule has 0 aliphatic heterocycles. The Bertz CT molecular complexity index is 622. The molecule has 2 aliphatic rings. The van der Waals surface area contributed by atoms with Gasteiger partial charge in [0.1, 0.15) is 5.82 Å².